The molecule has 1 unspecified atom stereocenters. The molecule has 3 nitrogen and oxygen atoms in total. The van der Waals surface area contributed by atoms with Crippen LogP contribution in [0.2, 0.25) is 8.67 Å². The normalized spacial score (nSPS) is 20.4. The Morgan fingerprint density at radius 2 is 2.38 bits per heavy atom. The number of aliphatic hydroxyl groups is 1. The lowest BCUT2D eigenvalue weighted by atomic mass is 10.1. The first-order valence-electron chi connectivity index (χ1n) is 4.96. The zero-order valence-electron chi connectivity index (χ0n) is 8.45. The number of carbonyl (C=O) groups excluding carboxylic acids is 1. The smallest absolute Gasteiger partial charge is 0.256 e. The van der Waals surface area contributed by atoms with Crippen LogP contribution in [0.5, 0.6) is 0 Å². The van der Waals surface area contributed by atoms with Crippen LogP contribution < -0.4 is 0 Å². The molecule has 1 aliphatic heterocycles. The van der Waals surface area contributed by atoms with Gasteiger partial charge in [-0.05, 0) is 12.5 Å². The Hall–Kier alpha value is -0.290. The van der Waals surface area contributed by atoms with E-state index in [2.05, 4.69) is 0 Å². The molecule has 1 amide bonds. The fraction of sp³-hybridized carbons (Fsp3) is 0.500. The van der Waals surface area contributed by atoms with Gasteiger partial charge in [-0.1, -0.05) is 23.2 Å². The molecule has 1 aromatic heterocycles. The third kappa shape index (κ3) is 2.35. The first-order chi connectivity index (χ1) is 7.61. The molecule has 0 bridgehead atoms. The van der Waals surface area contributed by atoms with Gasteiger partial charge in [0.1, 0.15) is 4.34 Å². The van der Waals surface area contributed by atoms with E-state index in [1.54, 1.807) is 11.0 Å². The molecule has 16 heavy (non-hydrogen) atoms. The standard InChI is InChI=1S/C10H11Cl2NO2S/c11-8-3-7(9(12)16-8)10(15)13-2-1-6(4-13)5-14/h3,6,14H,1-2,4-5H2. The number of thiophene rings is 1. The molecule has 2 heterocycles. The summed E-state index contributed by atoms with van der Waals surface area (Å²) in [6.45, 7) is 1.40. The van der Waals surface area contributed by atoms with E-state index >= 15 is 0 Å². The third-order valence-electron chi connectivity index (χ3n) is 2.72. The van der Waals surface area contributed by atoms with Crippen LogP contribution in [0.25, 0.3) is 0 Å². The maximum absolute atomic E-state index is 12.1. The highest BCUT2D eigenvalue weighted by Gasteiger charge is 2.28. The summed E-state index contributed by atoms with van der Waals surface area (Å²) in [6, 6.07) is 1.60. The molecule has 1 fully saturated rings. The van der Waals surface area contributed by atoms with Crippen LogP contribution in [0.15, 0.2) is 6.07 Å². The molecule has 1 atom stereocenters. The maximum Gasteiger partial charge on any atom is 0.256 e. The van der Waals surface area contributed by atoms with E-state index in [0.717, 1.165) is 6.42 Å². The number of hydrogen-bond acceptors (Lipinski definition) is 3. The Kier molecular flexibility index (Phi) is 3.74. The van der Waals surface area contributed by atoms with Gasteiger partial charge in [0.2, 0.25) is 0 Å². The second kappa shape index (κ2) is 4.92. The minimum absolute atomic E-state index is 0.0934. The van der Waals surface area contributed by atoms with Crippen molar-refractivity contribution in [1.82, 2.24) is 4.90 Å². The van der Waals surface area contributed by atoms with Gasteiger partial charge in [-0.2, -0.15) is 0 Å². The minimum atomic E-state index is -0.0934. The number of hydrogen-bond donors (Lipinski definition) is 1. The lowest BCUT2D eigenvalue weighted by Gasteiger charge is -2.15. The van der Waals surface area contributed by atoms with Crippen LogP contribution in [0.3, 0.4) is 0 Å². The van der Waals surface area contributed by atoms with Crippen LogP contribution in [0, 0.1) is 5.92 Å². The summed E-state index contributed by atoms with van der Waals surface area (Å²) in [7, 11) is 0. The molecule has 1 aliphatic rings. The van der Waals surface area contributed by atoms with Gasteiger partial charge in [0.15, 0.2) is 0 Å². The Morgan fingerprint density at radius 1 is 1.62 bits per heavy atom. The summed E-state index contributed by atoms with van der Waals surface area (Å²) >= 11 is 12.9. The minimum Gasteiger partial charge on any atom is -0.396 e. The van der Waals surface area contributed by atoms with Crippen LogP contribution in [-0.2, 0) is 0 Å². The van der Waals surface area contributed by atoms with Gasteiger partial charge in [-0.15, -0.1) is 11.3 Å². The largest absolute Gasteiger partial charge is 0.396 e. The SMILES string of the molecule is O=C(c1cc(Cl)sc1Cl)N1CCC(CO)C1. The molecule has 88 valence electrons. The number of nitrogens with zero attached hydrogens (tertiary/aromatic N) is 1. The van der Waals surface area contributed by atoms with Gasteiger partial charge in [0.25, 0.3) is 5.91 Å². The average Bonchev–Trinajstić information content (AvgIpc) is 2.84. The summed E-state index contributed by atoms with van der Waals surface area (Å²) in [5.74, 6) is 0.0981. The first-order valence-corrected chi connectivity index (χ1v) is 6.54. The Balaban J connectivity index is 2.11. The second-order valence-electron chi connectivity index (χ2n) is 3.83. The molecule has 6 heteroatoms. The number of rotatable bonds is 2. The van der Waals surface area contributed by atoms with E-state index in [9.17, 15) is 4.79 Å². The molecule has 0 radical (unpaired) electrons. The average molecular weight is 280 g/mol. The van der Waals surface area contributed by atoms with Crippen molar-refractivity contribution in [3.05, 3.63) is 20.3 Å². The third-order valence-corrected chi connectivity index (χ3v) is 4.21. The Bertz CT molecular complexity index is 408. The fourth-order valence-corrected chi connectivity index (χ4v) is 3.27. The number of likely N-dealkylation sites (tertiary alicyclic amines) is 1. The van der Waals surface area contributed by atoms with Crippen molar-refractivity contribution < 1.29 is 9.90 Å². The van der Waals surface area contributed by atoms with Crippen molar-refractivity contribution in [3.63, 3.8) is 0 Å². The lowest BCUT2D eigenvalue weighted by Crippen LogP contribution is -2.28. The molecular formula is C10H11Cl2NO2S. The Labute approximate surface area is 108 Å². The van der Waals surface area contributed by atoms with Crippen LogP contribution >= 0.6 is 34.5 Å². The molecule has 0 saturated carbocycles. The number of halogens is 2. The van der Waals surface area contributed by atoms with E-state index in [1.165, 1.54) is 11.3 Å². The van der Waals surface area contributed by atoms with Crippen LogP contribution in [0.4, 0.5) is 0 Å². The molecule has 0 aromatic carbocycles. The maximum atomic E-state index is 12.1. The Morgan fingerprint density at radius 3 is 2.88 bits per heavy atom. The second-order valence-corrected chi connectivity index (χ2v) is 6.11. The quantitative estimate of drug-likeness (QED) is 0.904. The van der Waals surface area contributed by atoms with Gasteiger partial charge in [0.05, 0.1) is 9.90 Å². The highest BCUT2D eigenvalue weighted by Crippen LogP contribution is 2.32. The van der Waals surface area contributed by atoms with Gasteiger partial charge < -0.3 is 10.0 Å². The van der Waals surface area contributed by atoms with Crippen molar-refractivity contribution in [1.29, 1.82) is 0 Å². The molecule has 1 aromatic rings. The molecule has 1 N–H and O–H groups in total. The number of amides is 1. The van der Waals surface area contributed by atoms with E-state index in [4.69, 9.17) is 28.3 Å². The van der Waals surface area contributed by atoms with E-state index in [1.807, 2.05) is 0 Å². The summed E-state index contributed by atoms with van der Waals surface area (Å²) in [6.07, 6.45) is 0.845. The molecule has 0 aliphatic carbocycles. The van der Waals surface area contributed by atoms with Gasteiger partial charge in [-0.25, -0.2) is 0 Å². The zero-order valence-corrected chi connectivity index (χ0v) is 10.8. The molecule has 2 rings (SSSR count). The highest BCUT2D eigenvalue weighted by atomic mass is 35.5. The highest BCUT2D eigenvalue weighted by molar-refractivity contribution is 7.20. The van der Waals surface area contributed by atoms with Gasteiger partial charge in [0, 0.05) is 25.6 Å². The fourth-order valence-electron chi connectivity index (χ4n) is 1.82. The van der Waals surface area contributed by atoms with Crippen molar-refractivity contribution >= 4 is 40.4 Å². The van der Waals surface area contributed by atoms with E-state index in [-0.39, 0.29) is 18.4 Å². The van der Waals surface area contributed by atoms with Crippen molar-refractivity contribution in [3.8, 4) is 0 Å². The first kappa shape index (κ1) is 12.2. The zero-order chi connectivity index (χ0) is 11.7. The lowest BCUT2D eigenvalue weighted by molar-refractivity contribution is 0.0782. The van der Waals surface area contributed by atoms with Gasteiger partial charge in [-0.3, -0.25) is 4.79 Å². The van der Waals surface area contributed by atoms with E-state index in [0.29, 0.717) is 27.3 Å². The monoisotopic (exact) mass is 279 g/mol. The predicted molar refractivity (Wildman–Crippen MR) is 65.4 cm³/mol. The predicted octanol–water partition coefficient (Wildman–Crippen LogP) is 2.51. The topological polar surface area (TPSA) is 40.5 Å². The van der Waals surface area contributed by atoms with Crippen LogP contribution in [0.1, 0.15) is 16.8 Å². The van der Waals surface area contributed by atoms with Crippen molar-refractivity contribution in [2.45, 2.75) is 6.42 Å². The van der Waals surface area contributed by atoms with Gasteiger partial charge >= 0.3 is 0 Å². The summed E-state index contributed by atoms with van der Waals surface area (Å²) in [5, 5.41) is 9.01. The van der Waals surface area contributed by atoms with E-state index < -0.39 is 0 Å². The summed E-state index contributed by atoms with van der Waals surface area (Å²) in [4.78, 5) is 13.8. The van der Waals surface area contributed by atoms with Crippen LogP contribution in [-0.4, -0.2) is 35.6 Å². The van der Waals surface area contributed by atoms with Crippen molar-refractivity contribution in [2.75, 3.05) is 19.7 Å². The molecule has 1 saturated heterocycles. The number of aliphatic hydroxyl groups excluding tert-OH is 1. The summed E-state index contributed by atoms with van der Waals surface area (Å²) in [5.41, 5.74) is 0.468. The van der Waals surface area contributed by atoms with Crippen molar-refractivity contribution in [2.24, 2.45) is 5.92 Å². The summed E-state index contributed by atoms with van der Waals surface area (Å²) < 4.78 is 0.953. The molecular weight excluding hydrogens is 269 g/mol. The molecule has 0 spiro atoms. The number of carbonyl (C=O) groups is 1.